The first kappa shape index (κ1) is 26.9. The summed E-state index contributed by atoms with van der Waals surface area (Å²) in [5, 5.41) is 12.8. The molecule has 4 rings (SSSR count). The quantitative estimate of drug-likeness (QED) is 0.201. The Kier molecular flexibility index (Phi) is 8.41. The van der Waals surface area contributed by atoms with Gasteiger partial charge in [0.25, 0.3) is 0 Å². The Balaban J connectivity index is 1.80. The number of phosphoric ester groups is 1. The Hall–Kier alpha value is -4.20. The third-order valence-corrected chi connectivity index (χ3v) is 6.93. The molecule has 38 heavy (non-hydrogen) atoms. The van der Waals surface area contributed by atoms with Gasteiger partial charge >= 0.3 is 7.82 Å². The van der Waals surface area contributed by atoms with Crippen molar-refractivity contribution in [3.63, 3.8) is 0 Å². The molecular formula is C26H25N6O5P. The van der Waals surface area contributed by atoms with Crippen molar-refractivity contribution in [3.05, 3.63) is 73.6 Å². The zero-order valence-electron chi connectivity index (χ0n) is 20.8. The number of hydrogen-bond acceptors (Lipinski definition) is 9. The molecular weight excluding hydrogens is 507 g/mol. The molecule has 0 aliphatic rings. The number of nitrogens with zero attached hydrogens (tertiary/aromatic N) is 5. The first-order valence-electron chi connectivity index (χ1n) is 11.7. The van der Waals surface area contributed by atoms with Crippen LogP contribution in [0.2, 0.25) is 0 Å². The SMILES string of the molecule is C=CC(=O)Nc1cncc(-c2cnc3c(c2)c(-c2ccnc(C#N)c2)cn3COP(=O)(OCC)OCC)c1. The number of fused-ring (bicyclic) bond motifs is 1. The Morgan fingerprint density at radius 3 is 2.58 bits per heavy atom. The molecule has 4 aromatic rings. The van der Waals surface area contributed by atoms with Gasteiger partial charge in [-0.15, -0.1) is 0 Å². The lowest BCUT2D eigenvalue weighted by molar-refractivity contribution is -0.111. The molecule has 0 saturated carbocycles. The van der Waals surface area contributed by atoms with Crippen LogP contribution in [-0.4, -0.2) is 38.6 Å². The van der Waals surface area contributed by atoms with Crippen molar-refractivity contribution in [2.45, 2.75) is 20.6 Å². The highest BCUT2D eigenvalue weighted by atomic mass is 31.2. The number of phosphoric acid groups is 1. The van der Waals surface area contributed by atoms with Gasteiger partial charge in [-0.1, -0.05) is 6.58 Å². The molecule has 4 aromatic heterocycles. The van der Waals surface area contributed by atoms with Crippen LogP contribution in [0.3, 0.4) is 0 Å². The van der Waals surface area contributed by atoms with Crippen LogP contribution in [0.5, 0.6) is 0 Å². The molecule has 0 radical (unpaired) electrons. The fourth-order valence-corrected chi connectivity index (χ4v) is 4.86. The molecule has 0 atom stereocenters. The highest BCUT2D eigenvalue weighted by molar-refractivity contribution is 7.48. The van der Waals surface area contributed by atoms with Crippen LogP contribution in [0.15, 0.2) is 67.9 Å². The minimum absolute atomic E-state index is 0.152. The molecule has 0 fully saturated rings. The van der Waals surface area contributed by atoms with Crippen LogP contribution < -0.4 is 5.32 Å². The second-order valence-corrected chi connectivity index (χ2v) is 9.51. The van der Waals surface area contributed by atoms with E-state index in [0.29, 0.717) is 11.3 Å². The molecule has 1 amide bonds. The summed E-state index contributed by atoms with van der Waals surface area (Å²) in [5.41, 5.74) is 4.27. The summed E-state index contributed by atoms with van der Waals surface area (Å²) in [6, 6.07) is 9.20. The Morgan fingerprint density at radius 2 is 1.87 bits per heavy atom. The first-order chi connectivity index (χ1) is 18.4. The van der Waals surface area contributed by atoms with E-state index in [1.165, 1.54) is 12.3 Å². The largest absolute Gasteiger partial charge is 0.476 e. The molecule has 11 nitrogen and oxygen atoms in total. The van der Waals surface area contributed by atoms with Crippen molar-refractivity contribution in [2.75, 3.05) is 18.5 Å². The molecule has 12 heteroatoms. The number of amides is 1. The van der Waals surface area contributed by atoms with E-state index in [1.807, 2.05) is 6.07 Å². The molecule has 1 N–H and O–H groups in total. The highest BCUT2D eigenvalue weighted by Gasteiger charge is 2.26. The van der Waals surface area contributed by atoms with Crippen LogP contribution >= 0.6 is 7.82 Å². The van der Waals surface area contributed by atoms with Crippen LogP contribution in [0.1, 0.15) is 19.5 Å². The summed E-state index contributed by atoms with van der Waals surface area (Å²) in [6.07, 6.45) is 9.38. The third kappa shape index (κ3) is 6.02. The lowest BCUT2D eigenvalue weighted by Gasteiger charge is -2.16. The Bertz CT molecular complexity index is 1570. The van der Waals surface area contributed by atoms with Gasteiger partial charge in [-0.2, -0.15) is 5.26 Å². The second-order valence-electron chi connectivity index (χ2n) is 7.85. The maximum absolute atomic E-state index is 12.9. The normalized spacial score (nSPS) is 11.3. The Morgan fingerprint density at radius 1 is 1.11 bits per heavy atom. The molecule has 0 aliphatic heterocycles. The monoisotopic (exact) mass is 532 g/mol. The van der Waals surface area contributed by atoms with E-state index in [-0.39, 0.29) is 31.5 Å². The molecule has 0 saturated heterocycles. The second kappa shape index (κ2) is 11.9. The van der Waals surface area contributed by atoms with Gasteiger partial charge < -0.3 is 9.88 Å². The van der Waals surface area contributed by atoms with E-state index < -0.39 is 7.82 Å². The molecule has 194 valence electrons. The van der Waals surface area contributed by atoms with Gasteiger partial charge in [0, 0.05) is 46.9 Å². The molecule has 0 spiro atoms. The van der Waals surface area contributed by atoms with Crippen LogP contribution in [-0.2, 0) is 29.7 Å². The summed E-state index contributed by atoms with van der Waals surface area (Å²) in [4.78, 5) is 24.7. The number of nitriles is 1. The lowest BCUT2D eigenvalue weighted by atomic mass is 10.0. The van der Waals surface area contributed by atoms with E-state index in [9.17, 15) is 14.6 Å². The molecule has 4 heterocycles. The number of nitrogens with one attached hydrogen (secondary N) is 1. The minimum atomic E-state index is -3.77. The average molecular weight is 532 g/mol. The molecule has 0 unspecified atom stereocenters. The maximum Gasteiger partial charge on any atom is 0.476 e. The van der Waals surface area contributed by atoms with Crippen LogP contribution in [0.4, 0.5) is 5.69 Å². The molecule has 0 aliphatic carbocycles. The van der Waals surface area contributed by atoms with Crippen molar-refractivity contribution in [3.8, 4) is 28.3 Å². The van der Waals surface area contributed by atoms with Crippen molar-refractivity contribution in [1.29, 1.82) is 5.26 Å². The highest BCUT2D eigenvalue weighted by Crippen LogP contribution is 2.49. The first-order valence-corrected chi connectivity index (χ1v) is 13.1. The van der Waals surface area contributed by atoms with Gasteiger partial charge in [-0.3, -0.25) is 23.3 Å². The molecule has 0 bridgehead atoms. The van der Waals surface area contributed by atoms with Crippen molar-refractivity contribution < 1.29 is 22.9 Å². The van der Waals surface area contributed by atoms with E-state index in [2.05, 4.69) is 32.9 Å². The number of pyridine rings is 3. The fourth-order valence-electron chi connectivity index (χ4n) is 3.74. The fraction of sp³-hybridized carbons (Fsp3) is 0.192. The third-order valence-electron chi connectivity index (χ3n) is 5.35. The van der Waals surface area contributed by atoms with Crippen LogP contribution in [0, 0.1) is 11.3 Å². The number of carbonyl (C=O) groups is 1. The predicted octanol–water partition coefficient (Wildman–Crippen LogP) is 5.31. The van der Waals surface area contributed by atoms with Gasteiger partial charge in [0.2, 0.25) is 5.91 Å². The predicted molar refractivity (Wildman–Crippen MR) is 142 cm³/mol. The zero-order chi connectivity index (χ0) is 27.1. The van der Waals surface area contributed by atoms with Gasteiger partial charge in [0.05, 0.1) is 25.1 Å². The van der Waals surface area contributed by atoms with Crippen molar-refractivity contribution in [2.24, 2.45) is 0 Å². The standard InChI is InChI=1S/C26H25N6O5P/c1-4-25(33)31-22-10-19(13-28-15-22)20-11-23-24(18-7-8-29-21(9-18)12-27)16-32(26(23)30-14-20)17-37-38(34,35-5-2)36-6-3/h4,7-11,13-16H,1,5-6,17H2,2-3H3,(H,31,33). The number of rotatable bonds is 11. The summed E-state index contributed by atoms with van der Waals surface area (Å²) >= 11 is 0. The smallest absolute Gasteiger partial charge is 0.321 e. The summed E-state index contributed by atoms with van der Waals surface area (Å²) < 4.78 is 30.6. The summed E-state index contributed by atoms with van der Waals surface area (Å²) in [5.74, 6) is -0.348. The van der Waals surface area contributed by atoms with E-state index in [4.69, 9.17) is 13.6 Å². The van der Waals surface area contributed by atoms with E-state index in [0.717, 1.165) is 27.6 Å². The number of carbonyl (C=O) groups excluding carboxylic acids is 1. The average Bonchev–Trinajstić information content (AvgIpc) is 3.30. The van der Waals surface area contributed by atoms with Crippen LogP contribution in [0.25, 0.3) is 33.3 Å². The van der Waals surface area contributed by atoms with Crippen molar-refractivity contribution >= 4 is 30.5 Å². The zero-order valence-corrected chi connectivity index (χ0v) is 21.7. The number of aromatic nitrogens is 4. The lowest BCUT2D eigenvalue weighted by Crippen LogP contribution is -2.07. The Labute approximate surface area is 219 Å². The molecule has 0 aromatic carbocycles. The van der Waals surface area contributed by atoms with Gasteiger partial charge in [-0.05, 0) is 49.8 Å². The summed E-state index contributed by atoms with van der Waals surface area (Å²) in [6.45, 7) is 7.02. The number of anilines is 1. The summed E-state index contributed by atoms with van der Waals surface area (Å²) in [7, 11) is -3.77. The van der Waals surface area contributed by atoms with E-state index >= 15 is 0 Å². The maximum atomic E-state index is 12.9. The number of hydrogen-bond donors (Lipinski definition) is 1. The van der Waals surface area contributed by atoms with Gasteiger partial charge in [0.1, 0.15) is 24.1 Å². The van der Waals surface area contributed by atoms with Gasteiger partial charge in [0.15, 0.2) is 0 Å². The van der Waals surface area contributed by atoms with Gasteiger partial charge in [-0.25, -0.2) is 14.5 Å². The van der Waals surface area contributed by atoms with E-state index in [1.54, 1.807) is 61.4 Å². The topological polar surface area (TPSA) is 141 Å². The minimum Gasteiger partial charge on any atom is -0.321 e. The van der Waals surface area contributed by atoms with Crippen molar-refractivity contribution in [1.82, 2.24) is 19.5 Å².